The summed E-state index contributed by atoms with van der Waals surface area (Å²) in [5, 5.41) is 3.48. The van der Waals surface area contributed by atoms with Gasteiger partial charge in [-0.15, -0.1) is 0 Å². The van der Waals surface area contributed by atoms with Gasteiger partial charge >= 0.3 is 0 Å². The summed E-state index contributed by atoms with van der Waals surface area (Å²) in [5.74, 6) is 0.915. The van der Waals surface area contributed by atoms with Gasteiger partial charge < -0.3 is 10.1 Å². The maximum Gasteiger partial charge on any atom is 0.123 e. The Morgan fingerprint density at radius 2 is 2.08 bits per heavy atom. The van der Waals surface area contributed by atoms with E-state index in [2.05, 4.69) is 22.4 Å². The first-order valence-electron chi connectivity index (χ1n) is 9.12. The zero-order chi connectivity index (χ0) is 16.8. The van der Waals surface area contributed by atoms with Crippen molar-refractivity contribution in [3.05, 3.63) is 35.6 Å². The average molecular weight is 353 g/mol. The molecule has 2 atom stereocenters. The molecule has 3 nitrogen and oxygen atoms in total. The molecule has 2 unspecified atom stereocenters. The van der Waals surface area contributed by atoms with E-state index in [1.54, 1.807) is 18.0 Å². The van der Waals surface area contributed by atoms with Gasteiger partial charge in [0.25, 0.3) is 0 Å². The van der Waals surface area contributed by atoms with Crippen LogP contribution in [0.2, 0.25) is 0 Å². The number of rotatable bonds is 6. The summed E-state index contributed by atoms with van der Waals surface area (Å²) in [5.41, 5.74) is 1.15. The molecule has 1 aromatic carbocycles. The molecule has 2 N–H and O–H groups in total. The molecule has 0 amide bonds. The number of ether oxygens (including phenoxy) is 1. The predicted molar refractivity (Wildman–Crippen MR) is 98.8 cm³/mol. The van der Waals surface area contributed by atoms with Crippen LogP contribution in [-0.4, -0.2) is 38.1 Å². The monoisotopic (exact) mass is 352 g/mol. The van der Waals surface area contributed by atoms with Crippen molar-refractivity contribution in [2.24, 2.45) is 5.92 Å². The second kappa shape index (κ2) is 9.18. The Kier molecular flexibility index (Phi) is 6.95. The lowest BCUT2D eigenvalue weighted by molar-refractivity contribution is -0.00386. The lowest BCUT2D eigenvalue weighted by Crippen LogP contribution is -2.47. The Balaban J connectivity index is 1.43. The molecule has 1 aromatic rings. The molecule has 1 aliphatic heterocycles. The molecule has 1 heterocycles. The highest BCUT2D eigenvalue weighted by Gasteiger charge is 2.28. The van der Waals surface area contributed by atoms with Crippen molar-refractivity contribution in [1.29, 1.82) is 0 Å². The highest BCUT2D eigenvalue weighted by Crippen LogP contribution is 2.34. The second-order valence-electron chi connectivity index (χ2n) is 7.04. The van der Waals surface area contributed by atoms with Crippen molar-refractivity contribution in [3.8, 4) is 0 Å². The van der Waals surface area contributed by atoms with Gasteiger partial charge in [0, 0.05) is 18.5 Å². The van der Waals surface area contributed by atoms with E-state index in [1.165, 1.54) is 12.5 Å². The van der Waals surface area contributed by atoms with E-state index in [4.69, 9.17) is 4.74 Å². The molecule has 24 heavy (non-hydrogen) atoms. The largest absolute Gasteiger partial charge is 0.378 e. The van der Waals surface area contributed by atoms with Crippen molar-refractivity contribution < 1.29 is 9.13 Å². The van der Waals surface area contributed by atoms with Crippen LogP contribution in [0, 0.1) is 11.7 Å². The first-order valence-corrected chi connectivity index (χ1v) is 10.3. The number of benzene rings is 1. The normalized spacial score (nSPS) is 31.1. The Hall–Kier alpha value is -0.620. The molecule has 0 bridgehead atoms. The Morgan fingerprint density at radius 3 is 2.83 bits per heavy atom. The fourth-order valence-corrected chi connectivity index (χ4v) is 4.60. The molecule has 1 saturated carbocycles. The van der Waals surface area contributed by atoms with Crippen LogP contribution in [0.1, 0.15) is 43.6 Å². The average Bonchev–Trinajstić information content (AvgIpc) is 2.62. The van der Waals surface area contributed by atoms with Crippen LogP contribution >= 0.6 is 11.9 Å². The van der Waals surface area contributed by atoms with Crippen molar-refractivity contribution >= 4 is 11.9 Å². The van der Waals surface area contributed by atoms with E-state index < -0.39 is 0 Å². The summed E-state index contributed by atoms with van der Waals surface area (Å²) in [7, 11) is 0. The van der Waals surface area contributed by atoms with E-state index in [9.17, 15) is 4.39 Å². The van der Waals surface area contributed by atoms with Gasteiger partial charge in [0.05, 0.1) is 12.7 Å². The molecular formula is C19H29FN2OS. The Labute approximate surface area is 149 Å². The van der Waals surface area contributed by atoms with Crippen molar-refractivity contribution in [1.82, 2.24) is 10.0 Å². The first kappa shape index (κ1) is 18.2. The molecule has 134 valence electrons. The number of nitrogens with one attached hydrogen (secondary N) is 2. The predicted octanol–water partition coefficient (Wildman–Crippen LogP) is 3.71. The molecule has 0 spiro atoms. The third-order valence-corrected chi connectivity index (χ3v) is 5.96. The summed E-state index contributed by atoms with van der Waals surface area (Å²) < 4.78 is 23.1. The summed E-state index contributed by atoms with van der Waals surface area (Å²) in [6.07, 6.45) is 8.00. The summed E-state index contributed by atoms with van der Waals surface area (Å²) in [6, 6.07) is 7.64. The van der Waals surface area contributed by atoms with Crippen molar-refractivity contribution in [2.45, 2.75) is 50.2 Å². The van der Waals surface area contributed by atoms with E-state index in [-0.39, 0.29) is 5.82 Å². The van der Waals surface area contributed by atoms with Crippen LogP contribution in [0.3, 0.4) is 0 Å². The molecule has 2 fully saturated rings. The molecule has 2 aliphatic rings. The van der Waals surface area contributed by atoms with E-state index in [0.717, 1.165) is 50.9 Å². The fraction of sp³-hybridized carbons (Fsp3) is 0.684. The molecule has 0 aromatic heterocycles. The molecule has 1 saturated heterocycles. The molecule has 3 rings (SSSR count). The zero-order valence-corrected chi connectivity index (χ0v) is 15.3. The number of hydrogen-bond acceptors (Lipinski definition) is 4. The maximum absolute atomic E-state index is 13.4. The van der Waals surface area contributed by atoms with E-state index in [1.807, 2.05) is 6.07 Å². The number of halogens is 1. The topological polar surface area (TPSA) is 33.3 Å². The van der Waals surface area contributed by atoms with Crippen LogP contribution in [0.4, 0.5) is 4.39 Å². The summed E-state index contributed by atoms with van der Waals surface area (Å²) in [4.78, 5) is 0. The SMILES string of the molecule is CSNC1CCNCC1COC1CCC(c2cccc(F)c2)CC1. The van der Waals surface area contributed by atoms with E-state index >= 15 is 0 Å². The van der Waals surface area contributed by atoms with Gasteiger partial charge in [0.2, 0.25) is 0 Å². The fourth-order valence-electron chi connectivity index (χ4n) is 3.99. The number of hydrogen-bond donors (Lipinski definition) is 2. The van der Waals surface area contributed by atoms with Crippen LogP contribution in [0.25, 0.3) is 0 Å². The Bertz CT molecular complexity index is 506. The minimum atomic E-state index is -0.122. The van der Waals surface area contributed by atoms with Crippen LogP contribution < -0.4 is 10.0 Å². The van der Waals surface area contributed by atoms with Gasteiger partial charge in [0.15, 0.2) is 0 Å². The third kappa shape index (κ3) is 4.94. The number of piperidine rings is 1. The van der Waals surface area contributed by atoms with Crippen LogP contribution in [0.15, 0.2) is 24.3 Å². The zero-order valence-electron chi connectivity index (χ0n) is 14.5. The lowest BCUT2D eigenvalue weighted by Gasteiger charge is -2.34. The van der Waals surface area contributed by atoms with Crippen molar-refractivity contribution in [3.63, 3.8) is 0 Å². The van der Waals surface area contributed by atoms with Gasteiger partial charge in [-0.2, -0.15) is 0 Å². The van der Waals surface area contributed by atoms with Crippen LogP contribution in [0.5, 0.6) is 0 Å². The first-order chi connectivity index (χ1) is 11.8. The molecule has 0 radical (unpaired) electrons. The van der Waals surface area contributed by atoms with Gasteiger partial charge in [-0.05, 0) is 68.5 Å². The van der Waals surface area contributed by atoms with Crippen LogP contribution in [-0.2, 0) is 4.74 Å². The highest BCUT2D eigenvalue weighted by atomic mass is 32.2. The Morgan fingerprint density at radius 1 is 1.25 bits per heavy atom. The maximum atomic E-state index is 13.4. The summed E-state index contributed by atoms with van der Waals surface area (Å²) >= 11 is 1.71. The van der Waals surface area contributed by atoms with Gasteiger partial charge in [-0.3, -0.25) is 4.72 Å². The molecule has 5 heteroatoms. The van der Waals surface area contributed by atoms with E-state index in [0.29, 0.717) is 24.0 Å². The van der Waals surface area contributed by atoms with Crippen molar-refractivity contribution in [2.75, 3.05) is 26.0 Å². The highest BCUT2D eigenvalue weighted by molar-refractivity contribution is 7.96. The minimum absolute atomic E-state index is 0.122. The van der Waals surface area contributed by atoms with Gasteiger partial charge in [-0.25, -0.2) is 4.39 Å². The lowest BCUT2D eigenvalue weighted by atomic mass is 9.82. The summed E-state index contributed by atoms with van der Waals surface area (Å²) in [6.45, 7) is 2.96. The minimum Gasteiger partial charge on any atom is -0.378 e. The molecule has 1 aliphatic carbocycles. The van der Waals surface area contributed by atoms with Gasteiger partial charge in [-0.1, -0.05) is 24.1 Å². The van der Waals surface area contributed by atoms with Gasteiger partial charge in [0.1, 0.15) is 5.82 Å². The second-order valence-corrected chi connectivity index (χ2v) is 7.69. The smallest absolute Gasteiger partial charge is 0.123 e. The third-order valence-electron chi connectivity index (χ3n) is 5.42. The standard InChI is InChI=1S/C19H29FN2OS/c1-24-22-19-9-10-21-12-16(19)13-23-18-7-5-14(6-8-18)15-3-2-4-17(20)11-15/h2-4,11,14,16,18-19,21-22H,5-10,12-13H2,1H3. The molecular weight excluding hydrogens is 323 g/mol. The quantitative estimate of drug-likeness (QED) is 0.765.